The van der Waals surface area contributed by atoms with Crippen LogP contribution in [-0.2, 0) is 9.53 Å². The lowest BCUT2D eigenvalue weighted by molar-refractivity contribution is -0.120. The fraction of sp³-hybridized carbons (Fsp3) is 0.357. The normalized spacial score (nSPS) is 18.4. The van der Waals surface area contributed by atoms with Crippen molar-refractivity contribution in [2.75, 3.05) is 25.1 Å². The van der Waals surface area contributed by atoms with Crippen molar-refractivity contribution in [3.8, 4) is 11.5 Å². The Balaban J connectivity index is 1.72. The number of aromatic nitrogens is 2. The quantitative estimate of drug-likeness (QED) is 0.875. The van der Waals surface area contributed by atoms with E-state index in [0.717, 1.165) is 16.8 Å². The molecule has 0 aliphatic carbocycles. The third-order valence-electron chi connectivity index (χ3n) is 3.33. The smallest absolute Gasteiger partial charge is 0.247 e. The van der Waals surface area contributed by atoms with Gasteiger partial charge >= 0.3 is 0 Å². The third kappa shape index (κ3) is 3.09. The van der Waals surface area contributed by atoms with Crippen molar-refractivity contribution < 1.29 is 13.9 Å². The number of carbonyl (C=O) groups is 1. The van der Waals surface area contributed by atoms with E-state index in [4.69, 9.17) is 9.15 Å². The van der Waals surface area contributed by atoms with Crippen molar-refractivity contribution in [3.05, 3.63) is 30.2 Å². The number of carbonyl (C=O) groups excluding carboxylic acids is 1. The zero-order valence-electron chi connectivity index (χ0n) is 11.6. The SMILES string of the molecule is Cc1cc(-c2nnco2)ccc1NC(=O)C1COCCN1. The van der Waals surface area contributed by atoms with Gasteiger partial charge in [-0.25, -0.2) is 0 Å². The zero-order chi connectivity index (χ0) is 14.7. The first-order valence-corrected chi connectivity index (χ1v) is 6.73. The van der Waals surface area contributed by atoms with Gasteiger partial charge in [-0.15, -0.1) is 10.2 Å². The van der Waals surface area contributed by atoms with Crippen LogP contribution >= 0.6 is 0 Å². The number of amides is 1. The minimum atomic E-state index is -0.311. The van der Waals surface area contributed by atoms with Gasteiger partial charge in [0.05, 0.1) is 13.2 Å². The molecule has 21 heavy (non-hydrogen) atoms. The summed E-state index contributed by atoms with van der Waals surface area (Å²) < 4.78 is 10.4. The monoisotopic (exact) mass is 288 g/mol. The van der Waals surface area contributed by atoms with Crippen molar-refractivity contribution in [1.29, 1.82) is 0 Å². The maximum Gasteiger partial charge on any atom is 0.247 e. The Labute approximate surface area is 121 Å². The highest BCUT2D eigenvalue weighted by Crippen LogP contribution is 2.23. The van der Waals surface area contributed by atoms with Crippen LogP contribution in [0.25, 0.3) is 11.5 Å². The summed E-state index contributed by atoms with van der Waals surface area (Å²) in [6.07, 6.45) is 1.29. The number of aryl methyl sites for hydroxylation is 1. The van der Waals surface area contributed by atoms with Gasteiger partial charge in [0.2, 0.25) is 18.2 Å². The highest BCUT2D eigenvalue weighted by molar-refractivity contribution is 5.95. The molecular formula is C14H16N4O3. The van der Waals surface area contributed by atoms with Gasteiger partial charge in [0.1, 0.15) is 6.04 Å². The molecule has 1 aromatic heterocycles. The molecule has 0 bridgehead atoms. The van der Waals surface area contributed by atoms with Crippen molar-refractivity contribution in [2.45, 2.75) is 13.0 Å². The Bertz CT molecular complexity index is 621. The lowest BCUT2D eigenvalue weighted by atomic mass is 10.1. The van der Waals surface area contributed by atoms with E-state index in [1.165, 1.54) is 6.39 Å². The van der Waals surface area contributed by atoms with E-state index in [-0.39, 0.29) is 11.9 Å². The summed E-state index contributed by atoms with van der Waals surface area (Å²) in [5.41, 5.74) is 2.51. The predicted molar refractivity (Wildman–Crippen MR) is 75.7 cm³/mol. The molecule has 110 valence electrons. The standard InChI is InChI=1S/C14H16N4O3/c1-9-6-10(14-18-16-8-21-14)2-3-11(9)17-13(19)12-7-20-5-4-15-12/h2-3,6,8,12,15H,4-5,7H2,1H3,(H,17,19). The molecule has 3 rings (SSSR count). The second kappa shape index (κ2) is 6.02. The van der Waals surface area contributed by atoms with Crippen LogP contribution < -0.4 is 10.6 Å². The first kappa shape index (κ1) is 13.7. The van der Waals surface area contributed by atoms with Crippen molar-refractivity contribution in [3.63, 3.8) is 0 Å². The van der Waals surface area contributed by atoms with E-state index < -0.39 is 0 Å². The van der Waals surface area contributed by atoms with Crippen LogP contribution in [-0.4, -0.2) is 41.9 Å². The number of rotatable bonds is 3. The van der Waals surface area contributed by atoms with E-state index in [9.17, 15) is 4.79 Å². The Morgan fingerprint density at radius 2 is 2.38 bits per heavy atom. The van der Waals surface area contributed by atoms with Gasteiger partial charge in [-0.05, 0) is 30.7 Å². The maximum atomic E-state index is 12.1. The van der Waals surface area contributed by atoms with E-state index in [2.05, 4.69) is 20.8 Å². The number of benzene rings is 1. The summed E-state index contributed by atoms with van der Waals surface area (Å²) in [7, 11) is 0. The average Bonchev–Trinajstić information content (AvgIpc) is 3.04. The lowest BCUT2D eigenvalue weighted by Crippen LogP contribution is -2.48. The van der Waals surface area contributed by atoms with Crippen LogP contribution in [0.3, 0.4) is 0 Å². The molecule has 1 aliphatic rings. The van der Waals surface area contributed by atoms with Gasteiger partial charge < -0.3 is 19.8 Å². The van der Waals surface area contributed by atoms with Crippen molar-refractivity contribution in [1.82, 2.24) is 15.5 Å². The molecule has 1 aromatic carbocycles. The van der Waals surface area contributed by atoms with Crippen LogP contribution in [0.2, 0.25) is 0 Å². The molecule has 1 amide bonds. The van der Waals surface area contributed by atoms with Crippen molar-refractivity contribution in [2.24, 2.45) is 0 Å². The molecule has 1 aliphatic heterocycles. The molecule has 1 unspecified atom stereocenters. The maximum absolute atomic E-state index is 12.1. The van der Waals surface area contributed by atoms with Gasteiger partial charge in [-0.3, -0.25) is 4.79 Å². The summed E-state index contributed by atoms with van der Waals surface area (Å²) in [5.74, 6) is 0.363. The number of hydrogen-bond acceptors (Lipinski definition) is 6. The Morgan fingerprint density at radius 3 is 3.05 bits per heavy atom. The second-order valence-electron chi connectivity index (χ2n) is 4.84. The highest BCUT2D eigenvalue weighted by Gasteiger charge is 2.21. The molecule has 0 saturated carbocycles. The predicted octanol–water partition coefficient (Wildman–Crippen LogP) is 0.972. The summed E-state index contributed by atoms with van der Waals surface area (Å²) in [6.45, 7) is 3.64. The number of nitrogens with zero attached hydrogens (tertiary/aromatic N) is 2. The average molecular weight is 288 g/mol. The highest BCUT2D eigenvalue weighted by atomic mass is 16.5. The van der Waals surface area contributed by atoms with Crippen molar-refractivity contribution >= 4 is 11.6 Å². The number of morpholine rings is 1. The van der Waals surface area contributed by atoms with Crippen LogP contribution in [0, 0.1) is 6.92 Å². The Kier molecular flexibility index (Phi) is 3.94. The summed E-state index contributed by atoms with van der Waals surface area (Å²) >= 11 is 0. The lowest BCUT2D eigenvalue weighted by Gasteiger charge is -2.23. The fourth-order valence-electron chi connectivity index (χ4n) is 2.19. The summed E-state index contributed by atoms with van der Waals surface area (Å²) in [4.78, 5) is 12.1. The minimum Gasteiger partial charge on any atom is -0.423 e. The summed E-state index contributed by atoms with van der Waals surface area (Å²) in [6, 6.07) is 5.25. The zero-order valence-corrected chi connectivity index (χ0v) is 11.6. The molecule has 2 aromatic rings. The fourth-order valence-corrected chi connectivity index (χ4v) is 2.19. The molecule has 0 radical (unpaired) electrons. The molecule has 1 atom stereocenters. The second-order valence-corrected chi connectivity index (χ2v) is 4.84. The van der Waals surface area contributed by atoms with Crippen LogP contribution in [0.5, 0.6) is 0 Å². The van der Waals surface area contributed by atoms with Gasteiger partial charge in [-0.2, -0.15) is 0 Å². The van der Waals surface area contributed by atoms with Gasteiger partial charge in [0.25, 0.3) is 0 Å². The van der Waals surface area contributed by atoms with E-state index in [1.54, 1.807) is 0 Å². The van der Waals surface area contributed by atoms with Gasteiger partial charge in [0.15, 0.2) is 0 Å². The molecule has 1 fully saturated rings. The Hall–Kier alpha value is -2.25. The third-order valence-corrected chi connectivity index (χ3v) is 3.33. The van der Waals surface area contributed by atoms with Gasteiger partial charge in [0, 0.05) is 17.8 Å². The first-order valence-electron chi connectivity index (χ1n) is 6.73. The number of hydrogen-bond donors (Lipinski definition) is 2. The number of anilines is 1. The number of nitrogens with one attached hydrogen (secondary N) is 2. The largest absolute Gasteiger partial charge is 0.423 e. The van der Waals surface area contributed by atoms with E-state index in [1.807, 2.05) is 25.1 Å². The minimum absolute atomic E-state index is 0.0941. The van der Waals surface area contributed by atoms with Crippen LogP contribution in [0.1, 0.15) is 5.56 Å². The van der Waals surface area contributed by atoms with Crippen LogP contribution in [0.4, 0.5) is 5.69 Å². The number of ether oxygens (including phenoxy) is 1. The first-order chi connectivity index (χ1) is 10.2. The van der Waals surface area contributed by atoms with E-state index in [0.29, 0.717) is 25.6 Å². The summed E-state index contributed by atoms with van der Waals surface area (Å²) in [5, 5.41) is 13.5. The Morgan fingerprint density at radius 1 is 1.48 bits per heavy atom. The molecule has 0 spiro atoms. The molecule has 7 nitrogen and oxygen atoms in total. The van der Waals surface area contributed by atoms with Gasteiger partial charge in [-0.1, -0.05) is 0 Å². The van der Waals surface area contributed by atoms with Crippen LogP contribution in [0.15, 0.2) is 29.0 Å². The molecule has 2 N–H and O–H groups in total. The molecular weight excluding hydrogens is 272 g/mol. The molecule has 1 saturated heterocycles. The topological polar surface area (TPSA) is 89.3 Å². The molecule has 2 heterocycles. The van der Waals surface area contributed by atoms with E-state index >= 15 is 0 Å². The molecule has 7 heteroatoms.